The normalized spacial score (nSPS) is 15.4. The second-order valence-electron chi connectivity index (χ2n) is 3.49. The molecule has 1 aliphatic rings. The molecule has 2 rings (SSSR count). The topological polar surface area (TPSA) is 36.4 Å². The van der Waals surface area contributed by atoms with Crippen molar-refractivity contribution in [3.63, 3.8) is 0 Å². The van der Waals surface area contributed by atoms with E-state index < -0.39 is 0 Å². The molecule has 4 heteroatoms. The quantitative estimate of drug-likeness (QED) is 0.766. The van der Waals surface area contributed by atoms with Crippen molar-refractivity contribution in [3.05, 3.63) is 35.6 Å². The lowest BCUT2D eigenvalue weighted by Crippen LogP contribution is -2.40. The Hall–Kier alpha value is -1.58. The summed E-state index contributed by atoms with van der Waals surface area (Å²) in [5, 5.41) is 6.29. The number of guanidine groups is 1. The first kappa shape index (κ1) is 9.96. The van der Waals surface area contributed by atoms with Crippen LogP contribution in [0.15, 0.2) is 29.3 Å². The molecule has 1 aromatic rings. The Labute approximate surface area is 88.4 Å². The van der Waals surface area contributed by atoms with Gasteiger partial charge < -0.3 is 10.6 Å². The van der Waals surface area contributed by atoms with Crippen LogP contribution in [0.2, 0.25) is 0 Å². The Bertz CT molecular complexity index is 363. The standard InChI is InChI=1S/C11H14FN3/c12-10-4-1-3-9(7-10)8-15-11-13-5-2-6-14-11/h1,3-4,7H,2,5-6,8H2,(H2,13,14,15). The van der Waals surface area contributed by atoms with Gasteiger partial charge in [-0.2, -0.15) is 0 Å². The summed E-state index contributed by atoms with van der Waals surface area (Å²) in [6, 6.07) is 6.57. The fraction of sp³-hybridized carbons (Fsp3) is 0.364. The second-order valence-corrected chi connectivity index (χ2v) is 3.49. The van der Waals surface area contributed by atoms with E-state index in [-0.39, 0.29) is 5.82 Å². The van der Waals surface area contributed by atoms with Gasteiger partial charge in [-0.15, -0.1) is 0 Å². The van der Waals surface area contributed by atoms with E-state index in [1.807, 2.05) is 6.07 Å². The zero-order valence-corrected chi connectivity index (χ0v) is 8.46. The summed E-state index contributed by atoms with van der Waals surface area (Å²) < 4.78 is 12.9. The zero-order chi connectivity index (χ0) is 10.5. The Balaban J connectivity index is 1.90. The monoisotopic (exact) mass is 207 g/mol. The maximum absolute atomic E-state index is 12.9. The molecule has 15 heavy (non-hydrogen) atoms. The minimum atomic E-state index is -0.201. The van der Waals surface area contributed by atoms with E-state index >= 15 is 0 Å². The molecular weight excluding hydrogens is 193 g/mol. The number of benzene rings is 1. The fourth-order valence-electron chi connectivity index (χ4n) is 1.48. The molecule has 0 amide bonds. The number of aliphatic imine (C=N–C) groups is 1. The molecule has 1 aliphatic heterocycles. The summed E-state index contributed by atoms with van der Waals surface area (Å²) in [7, 11) is 0. The van der Waals surface area contributed by atoms with Gasteiger partial charge in [-0.05, 0) is 24.1 Å². The molecule has 0 aliphatic carbocycles. The molecule has 2 N–H and O–H groups in total. The summed E-state index contributed by atoms with van der Waals surface area (Å²) >= 11 is 0. The molecule has 0 atom stereocenters. The maximum atomic E-state index is 12.9. The van der Waals surface area contributed by atoms with E-state index in [4.69, 9.17) is 0 Å². The third-order valence-electron chi connectivity index (χ3n) is 2.25. The third-order valence-corrected chi connectivity index (χ3v) is 2.25. The van der Waals surface area contributed by atoms with Crippen LogP contribution in [0.5, 0.6) is 0 Å². The van der Waals surface area contributed by atoms with Crippen LogP contribution in [-0.4, -0.2) is 19.0 Å². The predicted molar refractivity (Wildman–Crippen MR) is 58.2 cm³/mol. The molecule has 0 fully saturated rings. The van der Waals surface area contributed by atoms with Crippen LogP contribution >= 0.6 is 0 Å². The number of rotatable bonds is 2. The minimum Gasteiger partial charge on any atom is -0.356 e. The third kappa shape index (κ3) is 2.94. The van der Waals surface area contributed by atoms with Crippen LogP contribution < -0.4 is 10.6 Å². The summed E-state index contributed by atoms with van der Waals surface area (Å²) in [6.45, 7) is 2.41. The highest BCUT2D eigenvalue weighted by Gasteiger charge is 2.02. The van der Waals surface area contributed by atoms with E-state index in [1.165, 1.54) is 12.1 Å². The van der Waals surface area contributed by atoms with Gasteiger partial charge in [0.1, 0.15) is 5.82 Å². The van der Waals surface area contributed by atoms with E-state index in [0.29, 0.717) is 6.54 Å². The van der Waals surface area contributed by atoms with E-state index in [2.05, 4.69) is 15.6 Å². The highest BCUT2D eigenvalue weighted by molar-refractivity contribution is 5.80. The Kier molecular flexibility index (Phi) is 3.17. The molecule has 80 valence electrons. The summed E-state index contributed by atoms with van der Waals surface area (Å²) in [4.78, 5) is 4.27. The smallest absolute Gasteiger partial charge is 0.191 e. The highest BCUT2D eigenvalue weighted by Crippen LogP contribution is 2.02. The van der Waals surface area contributed by atoms with Gasteiger partial charge in [0.25, 0.3) is 0 Å². The van der Waals surface area contributed by atoms with Crippen LogP contribution in [0.4, 0.5) is 4.39 Å². The first-order valence-corrected chi connectivity index (χ1v) is 5.11. The Morgan fingerprint density at radius 3 is 3.13 bits per heavy atom. The molecule has 0 saturated heterocycles. The number of halogens is 1. The van der Waals surface area contributed by atoms with Gasteiger partial charge in [-0.1, -0.05) is 12.1 Å². The largest absolute Gasteiger partial charge is 0.356 e. The lowest BCUT2D eigenvalue weighted by Gasteiger charge is -2.15. The predicted octanol–water partition coefficient (Wildman–Crippen LogP) is 1.26. The van der Waals surface area contributed by atoms with Crippen LogP contribution in [0.3, 0.4) is 0 Å². The first-order chi connectivity index (χ1) is 7.34. The van der Waals surface area contributed by atoms with Crippen molar-refractivity contribution in [2.24, 2.45) is 4.99 Å². The van der Waals surface area contributed by atoms with Crippen molar-refractivity contribution < 1.29 is 4.39 Å². The van der Waals surface area contributed by atoms with E-state index in [9.17, 15) is 4.39 Å². The molecular formula is C11H14FN3. The summed E-state index contributed by atoms with van der Waals surface area (Å²) in [5.41, 5.74) is 0.921. The lowest BCUT2D eigenvalue weighted by atomic mass is 10.2. The van der Waals surface area contributed by atoms with Gasteiger partial charge in [0, 0.05) is 19.6 Å². The SMILES string of the molecule is Fc1cccc(CNC2=NCCCN2)c1. The number of hydrogen-bond donors (Lipinski definition) is 2. The maximum Gasteiger partial charge on any atom is 0.191 e. The second kappa shape index (κ2) is 4.77. The molecule has 0 bridgehead atoms. The van der Waals surface area contributed by atoms with Crippen molar-refractivity contribution in [2.45, 2.75) is 13.0 Å². The zero-order valence-electron chi connectivity index (χ0n) is 8.46. The molecule has 3 nitrogen and oxygen atoms in total. The van der Waals surface area contributed by atoms with Crippen LogP contribution in [0.1, 0.15) is 12.0 Å². The van der Waals surface area contributed by atoms with Gasteiger partial charge in [0.05, 0.1) is 0 Å². The number of nitrogens with zero attached hydrogens (tertiary/aromatic N) is 1. The van der Waals surface area contributed by atoms with Crippen LogP contribution in [0, 0.1) is 5.82 Å². The molecule has 0 unspecified atom stereocenters. The molecule has 0 radical (unpaired) electrons. The number of nitrogens with one attached hydrogen (secondary N) is 2. The fourth-order valence-corrected chi connectivity index (χ4v) is 1.48. The molecule has 1 aromatic carbocycles. The molecule has 0 spiro atoms. The van der Waals surface area contributed by atoms with E-state index in [0.717, 1.165) is 31.0 Å². The Morgan fingerprint density at radius 1 is 1.47 bits per heavy atom. The molecule has 1 heterocycles. The first-order valence-electron chi connectivity index (χ1n) is 5.11. The van der Waals surface area contributed by atoms with Crippen molar-refractivity contribution in [2.75, 3.05) is 13.1 Å². The van der Waals surface area contributed by atoms with Crippen LogP contribution in [-0.2, 0) is 6.54 Å². The van der Waals surface area contributed by atoms with Gasteiger partial charge in [-0.3, -0.25) is 4.99 Å². The molecule has 0 aromatic heterocycles. The van der Waals surface area contributed by atoms with Crippen molar-refractivity contribution >= 4 is 5.96 Å². The summed E-state index contributed by atoms with van der Waals surface area (Å²) in [5.74, 6) is 0.610. The van der Waals surface area contributed by atoms with Crippen molar-refractivity contribution in [1.82, 2.24) is 10.6 Å². The molecule has 0 saturated carbocycles. The average molecular weight is 207 g/mol. The average Bonchev–Trinajstić information content (AvgIpc) is 2.28. The Morgan fingerprint density at radius 2 is 2.40 bits per heavy atom. The van der Waals surface area contributed by atoms with Crippen molar-refractivity contribution in [3.8, 4) is 0 Å². The highest BCUT2D eigenvalue weighted by atomic mass is 19.1. The van der Waals surface area contributed by atoms with Gasteiger partial charge in [-0.25, -0.2) is 4.39 Å². The van der Waals surface area contributed by atoms with Crippen LogP contribution in [0.25, 0.3) is 0 Å². The van der Waals surface area contributed by atoms with E-state index in [1.54, 1.807) is 6.07 Å². The summed E-state index contributed by atoms with van der Waals surface area (Å²) in [6.07, 6.45) is 1.07. The lowest BCUT2D eigenvalue weighted by molar-refractivity contribution is 0.624. The number of hydrogen-bond acceptors (Lipinski definition) is 3. The van der Waals surface area contributed by atoms with Crippen molar-refractivity contribution in [1.29, 1.82) is 0 Å². The minimum absolute atomic E-state index is 0.201. The van der Waals surface area contributed by atoms with Gasteiger partial charge in [0.2, 0.25) is 0 Å². The van der Waals surface area contributed by atoms with Gasteiger partial charge >= 0.3 is 0 Å². The van der Waals surface area contributed by atoms with Gasteiger partial charge in [0.15, 0.2) is 5.96 Å².